The van der Waals surface area contributed by atoms with Crippen LogP contribution in [-0.4, -0.2) is 21.0 Å². The normalized spacial score (nSPS) is 11.4. The van der Waals surface area contributed by atoms with E-state index in [1.54, 1.807) is 25.1 Å². The maximum atomic E-state index is 12.5. The Labute approximate surface area is 164 Å². The van der Waals surface area contributed by atoms with Crippen LogP contribution in [0.15, 0.2) is 59.1 Å². The Morgan fingerprint density at radius 3 is 2.32 bits per heavy atom. The lowest BCUT2D eigenvalue weighted by Gasteiger charge is -2.10. The summed E-state index contributed by atoms with van der Waals surface area (Å²) in [6.07, 6.45) is 1.22. The van der Waals surface area contributed by atoms with Crippen molar-refractivity contribution in [1.29, 1.82) is 5.26 Å². The van der Waals surface area contributed by atoms with Crippen molar-refractivity contribution in [3.05, 3.63) is 65.4 Å². The molecule has 0 fully saturated rings. The first-order valence-electron chi connectivity index (χ1n) is 8.51. The van der Waals surface area contributed by atoms with Gasteiger partial charge in [-0.15, -0.1) is 0 Å². The summed E-state index contributed by atoms with van der Waals surface area (Å²) >= 11 is 0. The van der Waals surface area contributed by atoms with Crippen molar-refractivity contribution in [3.63, 3.8) is 0 Å². The summed E-state index contributed by atoms with van der Waals surface area (Å²) in [6, 6.07) is 13.0. The second-order valence-corrected chi connectivity index (χ2v) is 7.65. The molecule has 0 saturated carbocycles. The highest BCUT2D eigenvalue weighted by molar-refractivity contribution is 7.92. The van der Waals surface area contributed by atoms with Crippen LogP contribution in [0.25, 0.3) is 0 Å². The van der Waals surface area contributed by atoms with Gasteiger partial charge >= 0.3 is 5.97 Å². The van der Waals surface area contributed by atoms with Crippen LogP contribution in [0.1, 0.15) is 18.1 Å². The lowest BCUT2D eigenvalue weighted by Crippen LogP contribution is -2.13. The van der Waals surface area contributed by atoms with Gasteiger partial charge in [0.15, 0.2) is 5.57 Å². The van der Waals surface area contributed by atoms with Gasteiger partial charge in [-0.25, -0.2) is 13.2 Å². The molecule has 0 heterocycles. The number of benzene rings is 2. The number of sulfonamides is 1. The number of ether oxygens (including phenoxy) is 1. The largest absolute Gasteiger partial charge is 0.462 e. The fourth-order valence-corrected chi connectivity index (χ4v) is 3.30. The third kappa shape index (κ3) is 5.34. The molecule has 2 rings (SSSR count). The minimum atomic E-state index is -3.74. The monoisotopic (exact) mass is 399 g/mol. The second-order valence-electron chi connectivity index (χ2n) is 5.96. The number of nitrogens with zero attached hydrogens (tertiary/aromatic N) is 1. The molecule has 0 saturated heterocycles. The zero-order valence-corrected chi connectivity index (χ0v) is 16.6. The molecule has 146 valence electrons. The zero-order valence-electron chi connectivity index (χ0n) is 15.8. The molecule has 0 aromatic heterocycles. The van der Waals surface area contributed by atoms with Gasteiger partial charge in [-0.2, -0.15) is 5.26 Å². The summed E-state index contributed by atoms with van der Waals surface area (Å²) in [5, 5.41) is 11.8. The summed E-state index contributed by atoms with van der Waals surface area (Å²) in [6.45, 7) is 5.67. The van der Waals surface area contributed by atoms with Crippen molar-refractivity contribution in [3.8, 4) is 6.07 Å². The Morgan fingerprint density at radius 2 is 1.75 bits per heavy atom. The molecule has 0 bridgehead atoms. The van der Waals surface area contributed by atoms with E-state index >= 15 is 0 Å². The van der Waals surface area contributed by atoms with E-state index in [1.165, 1.54) is 30.5 Å². The van der Waals surface area contributed by atoms with E-state index in [0.717, 1.165) is 11.1 Å². The molecule has 0 aliphatic heterocycles. The Hall–Kier alpha value is -3.31. The van der Waals surface area contributed by atoms with Gasteiger partial charge in [-0.05, 0) is 68.3 Å². The first-order valence-corrected chi connectivity index (χ1v) is 9.99. The molecule has 7 nitrogen and oxygen atoms in total. The minimum Gasteiger partial charge on any atom is -0.462 e. The molecular weight excluding hydrogens is 378 g/mol. The van der Waals surface area contributed by atoms with Crippen molar-refractivity contribution in [2.24, 2.45) is 0 Å². The highest BCUT2D eigenvalue weighted by atomic mass is 32.2. The first kappa shape index (κ1) is 21.0. The number of hydrogen-bond acceptors (Lipinski definition) is 6. The SMILES string of the molecule is CCOC(=O)/C(C#N)=C\Nc1ccc(S(=O)(=O)Nc2ccc(C)c(C)c2)cc1. The van der Waals surface area contributed by atoms with Crippen LogP contribution in [0.5, 0.6) is 0 Å². The molecule has 0 unspecified atom stereocenters. The maximum Gasteiger partial charge on any atom is 0.350 e. The average Bonchev–Trinajstić information content (AvgIpc) is 2.65. The molecule has 8 heteroatoms. The summed E-state index contributed by atoms with van der Waals surface area (Å²) in [7, 11) is -3.74. The number of carbonyl (C=O) groups excluding carboxylic acids is 1. The van der Waals surface area contributed by atoms with Crippen molar-refractivity contribution < 1.29 is 17.9 Å². The molecular formula is C20H21N3O4S. The highest BCUT2D eigenvalue weighted by Gasteiger charge is 2.14. The first-order chi connectivity index (χ1) is 13.3. The maximum absolute atomic E-state index is 12.5. The molecule has 2 aromatic carbocycles. The van der Waals surface area contributed by atoms with Gasteiger partial charge in [0.25, 0.3) is 10.0 Å². The third-order valence-corrected chi connectivity index (χ3v) is 5.32. The second kappa shape index (κ2) is 9.06. The van der Waals surface area contributed by atoms with Crippen molar-refractivity contribution >= 4 is 27.4 Å². The van der Waals surface area contributed by atoms with E-state index < -0.39 is 16.0 Å². The number of anilines is 2. The van der Waals surface area contributed by atoms with Crippen molar-refractivity contribution in [1.82, 2.24) is 0 Å². The number of aryl methyl sites for hydroxylation is 2. The van der Waals surface area contributed by atoms with Crippen LogP contribution >= 0.6 is 0 Å². The van der Waals surface area contributed by atoms with E-state index in [9.17, 15) is 13.2 Å². The van der Waals surface area contributed by atoms with Gasteiger partial charge in [-0.3, -0.25) is 4.72 Å². The van der Waals surface area contributed by atoms with Gasteiger partial charge in [0, 0.05) is 17.6 Å². The summed E-state index contributed by atoms with van der Waals surface area (Å²) in [5.74, 6) is -0.728. The Kier molecular flexibility index (Phi) is 6.79. The van der Waals surface area contributed by atoms with Gasteiger partial charge < -0.3 is 10.1 Å². The smallest absolute Gasteiger partial charge is 0.350 e. The highest BCUT2D eigenvalue weighted by Crippen LogP contribution is 2.20. The Balaban J connectivity index is 2.13. The number of esters is 1. The predicted molar refractivity (Wildman–Crippen MR) is 107 cm³/mol. The molecule has 28 heavy (non-hydrogen) atoms. The number of nitriles is 1. The average molecular weight is 399 g/mol. The number of hydrogen-bond donors (Lipinski definition) is 2. The van der Waals surface area contributed by atoms with Crippen LogP contribution in [-0.2, 0) is 19.6 Å². The van der Waals surface area contributed by atoms with Crippen LogP contribution < -0.4 is 10.0 Å². The number of rotatable bonds is 7. The predicted octanol–water partition coefficient (Wildman–Crippen LogP) is 3.49. The molecule has 0 radical (unpaired) electrons. The number of nitrogens with one attached hydrogen (secondary N) is 2. The van der Waals surface area contributed by atoms with E-state index in [-0.39, 0.29) is 17.1 Å². The fourth-order valence-electron chi connectivity index (χ4n) is 2.25. The van der Waals surface area contributed by atoms with Gasteiger partial charge in [-0.1, -0.05) is 6.07 Å². The summed E-state index contributed by atoms with van der Waals surface area (Å²) in [5.41, 5.74) is 2.88. The minimum absolute atomic E-state index is 0.0890. The molecule has 0 amide bonds. The molecule has 0 atom stereocenters. The molecule has 0 aliphatic carbocycles. The van der Waals surface area contributed by atoms with Crippen LogP contribution in [0.4, 0.5) is 11.4 Å². The topological polar surface area (TPSA) is 108 Å². The summed E-state index contributed by atoms with van der Waals surface area (Å²) < 4.78 is 32.4. The molecule has 0 spiro atoms. The fraction of sp³-hybridized carbons (Fsp3) is 0.200. The van der Waals surface area contributed by atoms with E-state index in [0.29, 0.717) is 11.4 Å². The Morgan fingerprint density at radius 1 is 1.11 bits per heavy atom. The summed E-state index contributed by atoms with van der Waals surface area (Å²) in [4.78, 5) is 11.6. The van der Waals surface area contributed by atoms with Gasteiger partial charge in [0.05, 0.1) is 11.5 Å². The van der Waals surface area contributed by atoms with Crippen LogP contribution in [0.2, 0.25) is 0 Å². The number of carbonyl (C=O) groups is 1. The van der Waals surface area contributed by atoms with E-state index in [2.05, 4.69) is 10.0 Å². The quantitative estimate of drug-likeness (QED) is 0.419. The van der Waals surface area contributed by atoms with Crippen molar-refractivity contribution in [2.75, 3.05) is 16.6 Å². The Bertz CT molecular complexity index is 1040. The van der Waals surface area contributed by atoms with Gasteiger partial charge in [0.2, 0.25) is 0 Å². The van der Waals surface area contributed by atoms with Gasteiger partial charge in [0.1, 0.15) is 6.07 Å². The molecule has 2 N–H and O–H groups in total. The van der Waals surface area contributed by atoms with E-state index in [1.807, 2.05) is 19.9 Å². The third-order valence-electron chi connectivity index (χ3n) is 3.92. The molecule has 2 aromatic rings. The standard InChI is InChI=1S/C20H21N3O4S/c1-4-27-20(24)16(12-21)13-22-17-7-9-19(10-8-17)28(25,26)23-18-6-5-14(2)15(3)11-18/h5-11,13,22-23H,4H2,1-3H3/b16-13-. The molecule has 0 aliphatic rings. The zero-order chi connectivity index (χ0) is 20.7. The lowest BCUT2D eigenvalue weighted by atomic mass is 10.1. The van der Waals surface area contributed by atoms with Crippen LogP contribution in [0.3, 0.4) is 0 Å². The van der Waals surface area contributed by atoms with Crippen molar-refractivity contribution in [2.45, 2.75) is 25.7 Å². The van der Waals surface area contributed by atoms with E-state index in [4.69, 9.17) is 10.00 Å². The lowest BCUT2D eigenvalue weighted by molar-refractivity contribution is -0.138. The van der Waals surface area contributed by atoms with Crippen LogP contribution in [0, 0.1) is 25.2 Å².